The Bertz CT molecular complexity index is 1020. The lowest BCUT2D eigenvalue weighted by molar-refractivity contribution is 0.103. The average molecular weight is 391 g/mol. The molecule has 0 amide bonds. The summed E-state index contributed by atoms with van der Waals surface area (Å²) in [5, 5.41) is 18.1. The van der Waals surface area contributed by atoms with E-state index in [1.54, 1.807) is 6.92 Å². The van der Waals surface area contributed by atoms with Crippen molar-refractivity contribution in [2.45, 2.75) is 33.1 Å². The molecule has 1 aromatic rings. The highest BCUT2D eigenvalue weighted by atomic mass is 32.2. The van der Waals surface area contributed by atoms with E-state index < -0.39 is 22.0 Å². The molecule has 3 rings (SSSR count). The number of hydrogen-bond donors (Lipinski definition) is 1. The molecule has 1 unspecified atom stereocenters. The Morgan fingerprint density at radius 1 is 1.44 bits per heavy atom. The Hall–Kier alpha value is -2.68. The molecule has 144 valence electrons. The summed E-state index contributed by atoms with van der Waals surface area (Å²) in [6, 6.07) is 0. The van der Waals surface area contributed by atoms with E-state index >= 15 is 0 Å². The van der Waals surface area contributed by atoms with E-state index in [-0.39, 0.29) is 21.9 Å². The summed E-state index contributed by atoms with van der Waals surface area (Å²) in [4.78, 5) is 18.4. The van der Waals surface area contributed by atoms with Crippen molar-refractivity contribution in [2.75, 3.05) is 6.61 Å². The van der Waals surface area contributed by atoms with E-state index in [1.165, 1.54) is 24.0 Å². The van der Waals surface area contributed by atoms with Gasteiger partial charge >= 0.3 is 0 Å². The predicted molar refractivity (Wildman–Crippen MR) is 100 cm³/mol. The third-order valence-corrected chi connectivity index (χ3v) is 5.66. The van der Waals surface area contributed by atoms with Crippen molar-refractivity contribution in [1.82, 2.24) is 9.78 Å². The Morgan fingerprint density at radius 2 is 2.19 bits per heavy atom. The van der Waals surface area contributed by atoms with Gasteiger partial charge in [0.25, 0.3) is 0 Å². The van der Waals surface area contributed by atoms with Crippen LogP contribution in [0.25, 0.3) is 0 Å². The lowest BCUT2D eigenvalue weighted by Gasteiger charge is -2.26. The average Bonchev–Trinajstić information content (AvgIpc) is 3.26. The molecule has 0 fully saturated rings. The number of rotatable bonds is 5. The molecule has 0 saturated carbocycles. The van der Waals surface area contributed by atoms with Gasteiger partial charge in [-0.05, 0) is 23.6 Å². The van der Waals surface area contributed by atoms with Gasteiger partial charge in [0.15, 0.2) is 5.78 Å². The SMILES string of the molecule is CCCC1=C(C2=NOCC2)C(C)C(=S(=O)=O)C=C1C(=O)c1cnn(C)c1O. The summed E-state index contributed by atoms with van der Waals surface area (Å²) in [5.74, 6) is -1.15. The summed E-state index contributed by atoms with van der Waals surface area (Å²) < 4.78 is 24.8. The molecule has 2 heterocycles. The summed E-state index contributed by atoms with van der Waals surface area (Å²) >= 11 is 0. The number of nitrogens with zero attached hydrogens (tertiary/aromatic N) is 3. The number of ketones is 1. The third-order valence-electron chi connectivity index (χ3n) is 4.80. The van der Waals surface area contributed by atoms with Crippen LogP contribution in [0, 0.1) is 5.92 Å². The first-order chi connectivity index (χ1) is 12.9. The van der Waals surface area contributed by atoms with Crippen LogP contribution < -0.4 is 0 Å². The van der Waals surface area contributed by atoms with Crippen LogP contribution in [-0.4, -0.2) is 46.3 Å². The molecular formula is C18H21N3O5S. The fourth-order valence-electron chi connectivity index (χ4n) is 3.47. The minimum atomic E-state index is -2.49. The summed E-state index contributed by atoms with van der Waals surface area (Å²) in [6.07, 6.45) is 4.59. The molecule has 2 aliphatic rings. The van der Waals surface area contributed by atoms with Crippen molar-refractivity contribution >= 4 is 26.7 Å². The monoisotopic (exact) mass is 391 g/mol. The number of aromatic nitrogens is 2. The minimum Gasteiger partial charge on any atom is -0.493 e. The van der Waals surface area contributed by atoms with Gasteiger partial charge in [-0.3, -0.25) is 4.79 Å². The van der Waals surface area contributed by atoms with Crippen LogP contribution in [0.4, 0.5) is 0 Å². The van der Waals surface area contributed by atoms with Gasteiger partial charge < -0.3 is 9.94 Å². The number of allylic oxidation sites excluding steroid dienone is 4. The zero-order chi connectivity index (χ0) is 19.7. The molecular weight excluding hydrogens is 370 g/mol. The molecule has 1 aromatic heterocycles. The second-order valence-corrected chi connectivity index (χ2v) is 7.46. The number of carbonyl (C=O) groups is 1. The van der Waals surface area contributed by atoms with Gasteiger partial charge in [-0.25, -0.2) is 4.68 Å². The maximum atomic E-state index is 13.2. The standard InChI is InChI=1S/C18H21N3O5S/c1-4-5-11-12(17(22)13-9-19-21(3)18(13)23)8-15(27(24)25)10(2)16(11)14-6-7-26-20-14/h8-10,23H,4-7H2,1-3H3. The van der Waals surface area contributed by atoms with E-state index in [4.69, 9.17) is 4.84 Å². The summed E-state index contributed by atoms with van der Waals surface area (Å²) in [6.45, 7) is 4.20. The van der Waals surface area contributed by atoms with Crippen molar-refractivity contribution < 1.29 is 23.2 Å². The first-order valence-corrected chi connectivity index (χ1v) is 9.80. The van der Waals surface area contributed by atoms with Crippen molar-refractivity contribution in [3.8, 4) is 5.88 Å². The van der Waals surface area contributed by atoms with Crippen LogP contribution in [0.2, 0.25) is 0 Å². The molecule has 1 atom stereocenters. The molecule has 9 heteroatoms. The van der Waals surface area contributed by atoms with E-state index in [2.05, 4.69) is 10.3 Å². The molecule has 0 radical (unpaired) electrons. The first kappa shape index (κ1) is 19.1. The van der Waals surface area contributed by atoms with Crippen LogP contribution in [-0.2, 0) is 22.2 Å². The van der Waals surface area contributed by atoms with E-state index in [9.17, 15) is 18.3 Å². The largest absolute Gasteiger partial charge is 0.493 e. The zero-order valence-electron chi connectivity index (χ0n) is 15.4. The number of carbonyl (C=O) groups excluding carboxylic acids is 1. The summed E-state index contributed by atoms with van der Waals surface area (Å²) in [5.41, 5.74) is 2.43. The molecule has 1 N–H and O–H groups in total. The van der Waals surface area contributed by atoms with Gasteiger partial charge in [0.1, 0.15) is 12.2 Å². The number of aryl methyl sites for hydroxylation is 1. The van der Waals surface area contributed by atoms with Crippen LogP contribution in [0.3, 0.4) is 0 Å². The van der Waals surface area contributed by atoms with Crippen LogP contribution >= 0.6 is 0 Å². The Morgan fingerprint density at radius 3 is 2.70 bits per heavy atom. The molecule has 27 heavy (non-hydrogen) atoms. The normalized spacial score (nSPS) is 19.7. The smallest absolute Gasteiger partial charge is 0.220 e. The van der Waals surface area contributed by atoms with Gasteiger partial charge in [0.05, 0.1) is 16.8 Å². The lowest BCUT2D eigenvalue weighted by atomic mass is 9.77. The highest BCUT2D eigenvalue weighted by Crippen LogP contribution is 2.36. The molecule has 0 bridgehead atoms. The van der Waals surface area contributed by atoms with Crippen LogP contribution in [0.5, 0.6) is 5.88 Å². The third kappa shape index (κ3) is 3.34. The summed E-state index contributed by atoms with van der Waals surface area (Å²) in [7, 11) is -0.970. The topological polar surface area (TPSA) is 111 Å². The van der Waals surface area contributed by atoms with Crippen LogP contribution in [0.15, 0.2) is 34.1 Å². The number of aromatic hydroxyl groups is 1. The fraction of sp³-hybridized carbons (Fsp3) is 0.444. The molecule has 1 aliphatic carbocycles. The van der Waals surface area contributed by atoms with Gasteiger partial charge in [0.2, 0.25) is 16.2 Å². The molecule has 8 nitrogen and oxygen atoms in total. The first-order valence-electron chi connectivity index (χ1n) is 8.72. The Balaban J connectivity index is 2.24. The quantitative estimate of drug-likeness (QED) is 0.605. The highest BCUT2D eigenvalue weighted by Gasteiger charge is 2.34. The van der Waals surface area contributed by atoms with Crippen LogP contribution in [0.1, 0.15) is 43.5 Å². The number of oxime groups is 1. The number of Topliss-reactive ketones (excluding diaryl/α,β-unsaturated/α-hetero) is 1. The zero-order valence-corrected chi connectivity index (χ0v) is 16.2. The maximum Gasteiger partial charge on any atom is 0.220 e. The predicted octanol–water partition coefficient (Wildman–Crippen LogP) is 1.81. The van der Waals surface area contributed by atoms with Gasteiger partial charge in [0, 0.05) is 25.0 Å². The Labute approximate surface area is 158 Å². The van der Waals surface area contributed by atoms with E-state index in [1.807, 2.05) is 6.92 Å². The number of hydrogen-bond acceptors (Lipinski definition) is 7. The fourth-order valence-corrected chi connectivity index (χ4v) is 4.09. The van der Waals surface area contributed by atoms with Crippen molar-refractivity contribution in [3.05, 3.63) is 34.6 Å². The van der Waals surface area contributed by atoms with Crippen molar-refractivity contribution in [3.63, 3.8) is 0 Å². The lowest BCUT2D eigenvalue weighted by Crippen LogP contribution is -2.27. The molecule has 0 spiro atoms. The molecule has 0 aromatic carbocycles. The second-order valence-electron chi connectivity index (χ2n) is 6.51. The van der Waals surface area contributed by atoms with E-state index in [0.717, 1.165) is 17.6 Å². The van der Waals surface area contributed by atoms with Gasteiger partial charge in [-0.2, -0.15) is 13.5 Å². The molecule has 1 aliphatic heterocycles. The van der Waals surface area contributed by atoms with Gasteiger partial charge in [-0.1, -0.05) is 25.4 Å². The Kier molecular flexibility index (Phi) is 5.31. The minimum absolute atomic E-state index is 0.0342. The van der Waals surface area contributed by atoms with E-state index in [0.29, 0.717) is 25.2 Å². The second kappa shape index (κ2) is 7.51. The molecule has 0 saturated heterocycles. The highest BCUT2D eigenvalue weighted by molar-refractivity contribution is 7.73. The van der Waals surface area contributed by atoms with Gasteiger partial charge in [-0.15, -0.1) is 0 Å². The van der Waals surface area contributed by atoms with Crippen molar-refractivity contribution in [2.24, 2.45) is 18.1 Å². The maximum absolute atomic E-state index is 13.2. The van der Waals surface area contributed by atoms with Crippen molar-refractivity contribution in [1.29, 1.82) is 0 Å².